The summed E-state index contributed by atoms with van der Waals surface area (Å²) in [5.41, 5.74) is 1.13. The van der Waals surface area contributed by atoms with Crippen molar-refractivity contribution in [2.75, 3.05) is 7.11 Å². The zero-order chi connectivity index (χ0) is 10.6. The van der Waals surface area contributed by atoms with Gasteiger partial charge >= 0.3 is 0 Å². The highest BCUT2D eigenvalue weighted by atomic mass is 16.5. The molecule has 0 aromatic carbocycles. The molecule has 4 heteroatoms. The molecular formula is C10H10N2O2. The molecular weight excluding hydrogens is 180 g/mol. The first-order valence-corrected chi connectivity index (χ1v) is 4.11. The van der Waals surface area contributed by atoms with Crippen LogP contribution in [0.2, 0.25) is 0 Å². The smallest absolute Gasteiger partial charge is 0.224 e. The van der Waals surface area contributed by atoms with Crippen LogP contribution < -0.4 is 4.74 Å². The van der Waals surface area contributed by atoms with Crippen molar-refractivity contribution in [3.05, 3.63) is 23.4 Å². The van der Waals surface area contributed by atoms with E-state index in [1.807, 2.05) is 0 Å². The third-order valence-electron chi connectivity index (χ3n) is 1.73. The number of ketones is 1. The molecule has 0 saturated carbocycles. The molecule has 0 aliphatic carbocycles. The number of hydrogen-bond donors (Lipinski definition) is 0. The van der Waals surface area contributed by atoms with Crippen LogP contribution in [0.25, 0.3) is 0 Å². The van der Waals surface area contributed by atoms with Crippen molar-refractivity contribution >= 4 is 5.78 Å². The minimum Gasteiger partial charge on any atom is -0.480 e. The molecule has 0 aliphatic heterocycles. The fraction of sp³-hybridized carbons (Fsp3) is 0.300. The second-order valence-electron chi connectivity index (χ2n) is 2.77. The molecule has 14 heavy (non-hydrogen) atoms. The summed E-state index contributed by atoms with van der Waals surface area (Å²) in [5.74, 6) is 0.0158. The van der Waals surface area contributed by atoms with Crippen molar-refractivity contribution in [3.63, 3.8) is 0 Å². The van der Waals surface area contributed by atoms with Crippen molar-refractivity contribution in [1.29, 1.82) is 5.26 Å². The van der Waals surface area contributed by atoms with Crippen LogP contribution in [0.4, 0.5) is 0 Å². The fourth-order valence-electron chi connectivity index (χ4n) is 1.07. The van der Waals surface area contributed by atoms with E-state index in [1.165, 1.54) is 7.11 Å². The van der Waals surface area contributed by atoms with Gasteiger partial charge in [0, 0.05) is 5.69 Å². The number of nitriles is 1. The van der Waals surface area contributed by atoms with Gasteiger partial charge in [-0.2, -0.15) is 5.26 Å². The summed E-state index contributed by atoms with van der Waals surface area (Å²) in [7, 11) is 1.45. The summed E-state index contributed by atoms with van der Waals surface area (Å²) < 4.78 is 4.95. The van der Waals surface area contributed by atoms with Crippen molar-refractivity contribution in [2.24, 2.45) is 0 Å². The third kappa shape index (κ3) is 2.07. The average Bonchev–Trinajstić information content (AvgIpc) is 2.17. The Morgan fingerprint density at radius 2 is 2.36 bits per heavy atom. The maximum Gasteiger partial charge on any atom is 0.224 e. The number of pyridine rings is 1. The monoisotopic (exact) mass is 190 g/mol. The normalized spacial score (nSPS) is 9.21. The predicted molar refractivity (Wildman–Crippen MR) is 50.1 cm³/mol. The number of carbonyl (C=O) groups is 1. The molecule has 0 bridgehead atoms. The summed E-state index contributed by atoms with van der Waals surface area (Å²) in [4.78, 5) is 15.4. The molecule has 72 valence electrons. The Hall–Kier alpha value is -1.89. The molecule has 0 saturated heterocycles. The number of ether oxygens (including phenoxy) is 1. The van der Waals surface area contributed by atoms with E-state index in [0.717, 1.165) is 5.69 Å². The molecule has 0 fully saturated rings. The van der Waals surface area contributed by atoms with Gasteiger partial charge in [-0.25, -0.2) is 4.98 Å². The first kappa shape index (κ1) is 10.2. The molecule has 1 aromatic rings. The first-order chi connectivity index (χ1) is 6.69. The van der Waals surface area contributed by atoms with Crippen molar-refractivity contribution in [1.82, 2.24) is 4.98 Å². The number of aryl methyl sites for hydroxylation is 1. The molecule has 4 nitrogen and oxygen atoms in total. The number of Topliss-reactive ketones (excluding diaryl/α,β-unsaturated/α-hetero) is 1. The molecule has 1 heterocycles. The summed E-state index contributed by atoms with van der Waals surface area (Å²) in [5, 5.41) is 8.38. The van der Waals surface area contributed by atoms with Gasteiger partial charge in [0.25, 0.3) is 0 Å². The lowest BCUT2D eigenvalue weighted by Crippen LogP contribution is -2.03. The van der Waals surface area contributed by atoms with Crippen LogP contribution in [-0.4, -0.2) is 17.9 Å². The van der Waals surface area contributed by atoms with Gasteiger partial charge in [0.15, 0.2) is 5.78 Å². The second-order valence-corrected chi connectivity index (χ2v) is 2.77. The number of rotatable bonds is 3. The van der Waals surface area contributed by atoms with Gasteiger partial charge in [0.1, 0.15) is 0 Å². The summed E-state index contributed by atoms with van der Waals surface area (Å²) in [6.07, 6.45) is -0.152. The van der Waals surface area contributed by atoms with Gasteiger partial charge in [-0.15, -0.1) is 0 Å². The van der Waals surface area contributed by atoms with Gasteiger partial charge < -0.3 is 4.74 Å². The van der Waals surface area contributed by atoms with Gasteiger partial charge in [0.2, 0.25) is 5.88 Å². The largest absolute Gasteiger partial charge is 0.480 e. The van der Waals surface area contributed by atoms with Crippen molar-refractivity contribution in [3.8, 4) is 11.9 Å². The van der Waals surface area contributed by atoms with Crippen LogP contribution in [0.1, 0.15) is 22.5 Å². The van der Waals surface area contributed by atoms with Crippen LogP contribution in [-0.2, 0) is 0 Å². The molecule has 0 aliphatic rings. The summed E-state index contributed by atoms with van der Waals surface area (Å²) in [6, 6.07) is 5.14. The Balaban J connectivity index is 3.09. The highest BCUT2D eigenvalue weighted by Crippen LogP contribution is 2.17. The van der Waals surface area contributed by atoms with Crippen LogP contribution in [0.5, 0.6) is 5.88 Å². The number of methoxy groups -OCH3 is 1. The number of carbonyl (C=O) groups excluding carboxylic acids is 1. The summed E-state index contributed by atoms with van der Waals surface area (Å²) >= 11 is 0. The lowest BCUT2D eigenvalue weighted by molar-refractivity contribution is 0.0994. The highest BCUT2D eigenvalue weighted by Gasteiger charge is 2.12. The molecule has 0 radical (unpaired) electrons. The molecule has 0 atom stereocenters. The quantitative estimate of drug-likeness (QED) is 0.677. The highest BCUT2D eigenvalue weighted by molar-refractivity contribution is 5.99. The van der Waals surface area contributed by atoms with Gasteiger partial charge in [-0.1, -0.05) is 0 Å². The number of aromatic nitrogens is 1. The van der Waals surface area contributed by atoms with Crippen molar-refractivity contribution in [2.45, 2.75) is 13.3 Å². The zero-order valence-electron chi connectivity index (χ0n) is 8.07. The van der Waals surface area contributed by atoms with E-state index < -0.39 is 0 Å². The Morgan fingerprint density at radius 3 is 2.93 bits per heavy atom. The second kappa shape index (κ2) is 4.38. The van der Waals surface area contributed by atoms with E-state index in [1.54, 1.807) is 25.1 Å². The minimum atomic E-state index is -0.267. The SMILES string of the molecule is COc1nc(C)ccc1C(=O)CC#N. The topological polar surface area (TPSA) is 63.0 Å². The van der Waals surface area contributed by atoms with E-state index in [9.17, 15) is 4.79 Å². The average molecular weight is 190 g/mol. The Morgan fingerprint density at radius 1 is 1.64 bits per heavy atom. The Kier molecular flexibility index (Phi) is 3.19. The lowest BCUT2D eigenvalue weighted by Gasteiger charge is -2.05. The molecule has 1 aromatic heterocycles. The number of hydrogen-bond acceptors (Lipinski definition) is 4. The van der Waals surface area contributed by atoms with E-state index in [2.05, 4.69) is 4.98 Å². The minimum absolute atomic E-state index is 0.152. The predicted octanol–water partition coefficient (Wildman–Crippen LogP) is 1.49. The first-order valence-electron chi connectivity index (χ1n) is 4.11. The van der Waals surface area contributed by atoms with E-state index in [0.29, 0.717) is 5.56 Å². The van der Waals surface area contributed by atoms with Crippen LogP contribution in [0.3, 0.4) is 0 Å². The molecule has 0 amide bonds. The van der Waals surface area contributed by atoms with E-state index in [4.69, 9.17) is 10.00 Å². The van der Waals surface area contributed by atoms with E-state index in [-0.39, 0.29) is 18.1 Å². The Labute approximate surface area is 82.1 Å². The van der Waals surface area contributed by atoms with E-state index >= 15 is 0 Å². The number of nitrogens with zero attached hydrogens (tertiary/aromatic N) is 2. The van der Waals surface area contributed by atoms with Gasteiger partial charge in [0.05, 0.1) is 25.2 Å². The molecule has 0 N–H and O–H groups in total. The fourth-order valence-corrected chi connectivity index (χ4v) is 1.07. The standard InChI is InChI=1S/C10H10N2O2/c1-7-3-4-8(9(13)5-6-11)10(12-7)14-2/h3-4H,5H2,1-2H3. The van der Waals surface area contributed by atoms with Crippen LogP contribution in [0, 0.1) is 18.3 Å². The molecule has 0 spiro atoms. The molecule has 0 unspecified atom stereocenters. The summed E-state index contributed by atoms with van der Waals surface area (Å²) in [6.45, 7) is 1.81. The maximum absolute atomic E-state index is 11.4. The lowest BCUT2D eigenvalue weighted by atomic mass is 10.1. The van der Waals surface area contributed by atoms with Crippen LogP contribution in [0.15, 0.2) is 12.1 Å². The third-order valence-corrected chi connectivity index (χ3v) is 1.73. The zero-order valence-corrected chi connectivity index (χ0v) is 8.07. The molecule has 1 rings (SSSR count). The Bertz CT molecular complexity index is 394. The maximum atomic E-state index is 11.4. The van der Waals surface area contributed by atoms with Gasteiger partial charge in [-0.3, -0.25) is 4.79 Å². The van der Waals surface area contributed by atoms with Crippen molar-refractivity contribution < 1.29 is 9.53 Å². The van der Waals surface area contributed by atoms with Gasteiger partial charge in [-0.05, 0) is 19.1 Å². The van der Waals surface area contributed by atoms with Crippen LogP contribution >= 0.6 is 0 Å².